The van der Waals surface area contributed by atoms with E-state index in [2.05, 4.69) is 0 Å². The zero-order chi connectivity index (χ0) is 13.0. The Balaban J connectivity index is 3.20. The molecule has 0 amide bonds. The van der Waals surface area contributed by atoms with Crippen molar-refractivity contribution in [2.45, 2.75) is 6.92 Å². The van der Waals surface area contributed by atoms with Gasteiger partial charge in [-0.05, 0) is 13.0 Å². The fraction of sp³-hybridized carbons (Fsp3) is 0.300. The second-order valence-corrected chi connectivity index (χ2v) is 3.30. The number of benzene rings is 1. The molecule has 0 atom stereocenters. The first kappa shape index (κ1) is 12.9. The summed E-state index contributed by atoms with van der Waals surface area (Å²) < 4.78 is 13.0. The standard InChI is InChI=1S/C10H11FN2O4/c1-2-12(6-10(14)15)9-5-7(11)3-4-8(9)13(16)17/h3-5H,2,6H2,1H3,(H,14,15). The van der Waals surface area contributed by atoms with Crippen LogP contribution in [0.25, 0.3) is 0 Å². The van der Waals surface area contributed by atoms with Crippen LogP contribution in [0.4, 0.5) is 15.8 Å². The van der Waals surface area contributed by atoms with E-state index < -0.39 is 23.3 Å². The van der Waals surface area contributed by atoms with E-state index >= 15 is 0 Å². The highest BCUT2D eigenvalue weighted by Gasteiger charge is 2.20. The number of nitro benzene ring substituents is 1. The van der Waals surface area contributed by atoms with Gasteiger partial charge in [0.2, 0.25) is 0 Å². The molecular weight excluding hydrogens is 231 g/mol. The van der Waals surface area contributed by atoms with Gasteiger partial charge in [0.15, 0.2) is 0 Å². The number of halogens is 1. The van der Waals surface area contributed by atoms with Gasteiger partial charge in [-0.25, -0.2) is 4.39 Å². The van der Waals surface area contributed by atoms with Crippen LogP contribution in [-0.4, -0.2) is 29.1 Å². The predicted octanol–water partition coefficient (Wildman–Crippen LogP) is 1.64. The molecule has 1 N–H and O–H groups in total. The number of carboxylic acids is 1. The summed E-state index contributed by atoms with van der Waals surface area (Å²) in [6.07, 6.45) is 0. The number of likely N-dealkylation sites (N-methyl/N-ethyl adjacent to an activating group) is 1. The number of rotatable bonds is 5. The number of nitrogens with zero attached hydrogens (tertiary/aromatic N) is 2. The summed E-state index contributed by atoms with van der Waals surface area (Å²) >= 11 is 0. The summed E-state index contributed by atoms with van der Waals surface area (Å²) in [5.41, 5.74) is -0.339. The van der Waals surface area contributed by atoms with Gasteiger partial charge in [0.25, 0.3) is 5.69 Å². The Morgan fingerprint density at radius 3 is 2.71 bits per heavy atom. The number of anilines is 1. The smallest absolute Gasteiger partial charge is 0.323 e. The van der Waals surface area contributed by atoms with Gasteiger partial charge < -0.3 is 10.0 Å². The van der Waals surface area contributed by atoms with Gasteiger partial charge in [0.05, 0.1) is 4.92 Å². The zero-order valence-electron chi connectivity index (χ0n) is 9.09. The first-order valence-electron chi connectivity index (χ1n) is 4.86. The minimum absolute atomic E-state index is 0.0279. The molecule has 0 radical (unpaired) electrons. The number of carbonyl (C=O) groups is 1. The lowest BCUT2D eigenvalue weighted by Gasteiger charge is -2.20. The molecule has 0 aliphatic rings. The summed E-state index contributed by atoms with van der Waals surface area (Å²) in [5.74, 6) is -1.78. The first-order chi connectivity index (χ1) is 7.95. The normalized spacial score (nSPS) is 10.0. The average molecular weight is 242 g/mol. The van der Waals surface area contributed by atoms with Crippen molar-refractivity contribution in [3.63, 3.8) is 0 Å². The van der Waals surface area contributed by atoms with Gasteiger partial charge in [0.1, 0.15) is 18.0 Å². The molecule has 0 spiro atoms. The fourth-order valence-electron chi connectivity index (χ4n) is 1.43. The molecule has 0 saturated carbocycles. The Morgan fingerprint density at radius 1 is 1.59 bits per heavy atom. The predicted molar refractivity (Wildman–Crippen MR) is 58.6 cm³/mol. The number of carboxylic acid groups (broad SMARTS) is 1. The summed E-state index contributed by atoms with van der Waals surface area (Å²) in [6.45, 7) is 1.45. The third-order valence-corrected chi connectivity index (χ3v) is 2.18. The molecule has 0 aliphatic carbocycles. The van der Waals surface area contributed by atoms with E-state index in [0.717, 1.165) is 18.2 Å². The Labute approximate surface area is 96.4 Å². The molecule has 0 unspecified atom stereocenters. The molecule has 17 heavy (non-hydrogen) atoms. The number of hydrogen-bond acceptors (Lipinski definition) is 4. The summed E-state index contributed by atoms with van der Waals surface area (Å²) in [5, 5.41) is 19.4. The summed E-state index contributed by atoms with van der Waals surface area (Å²) in [4.78, 5) is 21.9. The molecule has 0 saturated heterocycles. The van der Waals surface area contributed by atoms with Crippen LogP contribution in [0.15, 0.2) is 18.2 Å². The second-order valence-electron chi connectivity index (χ2n) is 3.30. The zero-order valence-corrected chi connectivity index (χ0v) is 9.09. The molecule has 0 heterocycles. The third kappa shape index (κ3) is 3.13. The molecular formula is C10H11FN2O4. The van der Waals surface area contributed by atoms with Crippen LogP contribution in [0.2, 0.25) is 0 Å². The first-order valence-corrected chi connectivity index (χ1v) is 4.86. The van der Waals surface area contributed by atoms with Crippen LogP contribution in [0.1, 0.15) is 6.92 Å². The van der Waals surface area contributed by atoms with E-state index in [9.17, 15) is 19.3 Å². The van der Waals surface area contributed by atoms with Crippen molar-refractivity contribution in [2.75, 3.05) is 18.0 Å². The fourth-order valence-corrected chi connectivity index (χ4v) is 1.43. The molecule has 7 heteroatoms. The van der Waals surface area contributed by atoms with Gasteiger partial charge in [-0.15, -0.1) is 0 Å². The lowest BCUT2D eigenvalue weighted by atomic mass is 10.2. The maximum absolute atomic E-state index is 13.0. The molecule has 0 aromatic heterocycles. The van der Waals surface area contributed by atoms with Crippen molar-refractivity contribution in [3.8, 4) is 0 Å². The minimum Gasteiger partial charge on any atom is -0.480 e. The maximum atomic E-state index is 13.0. The maximum Gasteiger partial charge on any atom is 0.323 e. The molecule has 0 aliphatic heterocycles. The van der Waals surface area contributed by atoms with E-state index in [-0.39, 0.29) is 17.9 Å². The van der Waals surface area contributed by atoms with Crippen LogP contribution < -0.4 is 4.90 Å². The van der Waals surface area contributed by atoms with Gasteiger partial charge in [-0.3, -0.25) is 14.9 Å². The van der Waals surface area contributed by atoms with E-state index in [1.807, 2.05) is 0 Å². The highest BCUT2D eigenvalue weighted by atomic mass is 19.1. The van der Waals surface area contributed by atoms with E-state index in [4.69, 9.17) is 5.11 Å². The van der Waals surface area contributed by atoms with E-state index in [0.29, 0.717) is 0 Å². The SMILES string of the molecule is CCN(CC(=O)O)c1cc(F)ccc1[N+](=O)[O-]. The van der Waals surface area contributed by atoms with Gasteiger partial charge in [-0.1, -0.05) is 0 Å². The lowest BCUT2D eigenvalue weighted by molar-refractivity contribution is -0.384. The molecule has 0 fully saturated rings. The van der Waals surface area contributed by atoms with Crippen LogP contribution in [0, 0.1) is 15.9 Å². The van der Waals surface area contributed by atoms with Crippen molar-refractivity contribution in [2.24, 2.45) is 0 Å². The van der Waals surface area contributed by atoms with Crippen molar-refractivity contribution in [3.05, 3.63) is 34.1 Å². The largest absolute Gasteiger partial charge is 0.480 e. The Morgan fingerprint density at radius 2 is 2.24 bits per heavy atom. The summed E-state index contributed by atoms with van der Waals surface area (Å²) in [6, 6.07) is 2.95. The average Bonchev–Trinajstić information content (AvgIpc) is 2.25. The van der Waals surface area contributed by atoms with E-state index in [1.54, 1.807) is 6.92 Å². The molecule has 1 aromatic rings. The van der Waals surface area contributed by atoms with E-state index in [1.165, 1.54) is 4.90 Å². The Kier molecular flexibility index (Phi) is 3.97. The minimum atomic E-state index is -1.13. The molecule has 1 rings (SSSR count). The highest BCUT2D eigenvalue weighted by molar-refractivity contribution is 5.76. The number of hydrogen-bond donors (Lipinski definition) is 1. The lowest BCUT2D eigenvalue weighted by Crippen LogP contribution is -2.30. The molecule has 0 bridgehead atoms. The highest BCUT2D eigenvalue weighted by Crippen LogP contribution is 2.28. The third-order valence-electron chi connectivity index (χ3n) is 2.18. The molecule has 92 valence electrons. The van der Waals surface area contributed by atoms with Crippen molar-refractivity contribution in [1.29, 1.82) is 0 Å². The second kappa shape index (κ2) is 5.24. The van der Waals surface area contributed by atoms with Gasteiger partial charge in [-0.2, -0.15) is 0 Å². The number of nitro groups is 1. The van der Waals surface area contributed by atoms with Crippen molar-refractivity contribution < 1.29 is 19.2 Å². The van der Waals surface area contributed by atoms with Crippen LogP contribution in [0.5, 0.6) is 0 Å². The monoisotopic (exact) mass is 242 g/mol. The van der Waals surface area contributed by atoms with Gasteiger partial charge in [0, 0.05) is 18.7 Å². The topological polar surface area (TPSA) is 83.7 Å². The Hall–Kier alpha value is -2.18. The van der Waals surface area contributed by atoms with Gasteiger partial charge >= 0.3 is 5.97 Å². The number of aliphatic carboxylic acids is 1. The molecule has 1 aromatic carbocycles. The van der Waals surface area contributed by atoms with Crippen LogP contribution in [0.3, 0.4) is 0 Å². The van der Waals surface area contributed by atoms with Crippen LogP contribution >= 0.6 is 0 Å². The Bertz CT molecular complexity index is 450. The quantitative estimate of drug-likeness (QED) is 0.626. The van der Waals surface area contributed by atoms with Crippen molar-refractivity contribution >= 4 is 17.3 Å². The van der Waals surface area contributed by atoms with Crippen LogP contribution in [-0.2, 0) is 4.79 Å². The molecule has 6 nitrogen and oxygen atoms in total. The van der Waals surface area contributed by atoms with Crippen molar-refractivity contribution in [1.82, 2.24) is 0 Å². The summed E-state index contributed by atoms with van der Waals surface area (Å²) in [7, 11) is 0.